The molecule has 1 aliphatic heterocycles. The molecule has 1 aromatic rings. The van der Waals surface area contributed by atoms with Crippen LogP contribution in [0.3, 0.4) is 0 Å². The van der Waals surface area contributed by atoms with E-state index in [1.165, 1.54) is 0 Å². The quantitative estimate of drug-likeness (QED) is 0.828. The normalized spacial score (nSPS) is 27.9. The molecule has 0 spiro atoms. The molecule has 1 aromatic carbocycles. The maximum atomic E-state index is 9.83. The largest absolute Gasteiger partial charge is 0.390 e. The van der Waals surface area contributed by atoms with Crippen LogP contribution >= 0.6 is 0 Å². The Morgan fingerprint density at radius 1 is 1.29 bits per heavy atom. The lowest BCUT2D eigenvalue weighted by Gasteiger charge is -2.21. The van der Waals surface area contributed by atoms with Crippen molar-refractivity contribution in [2.45, 2.75) is 37.9 Å². The zero-order valence-electron chi connectivity index (χ0n) is 9.82. The highest BCUT2D eigenvalue weighted by Crippen LogP contribution is 2.28. The molecule has 1 unspecified atom stereocenters. The Morgan fingerprint density at radius 3 is 2.65 bits per heavy atom. The van der Waals surface area contributed by atoms with Crippen LogP contribution in [0.4, 0.5) is 0 Å². The molecule has 4 nitrogen and oxygen atoms in total. The molecule has 0 amide bonds. The van der Waals surface area contributed by atoms with Gasteiger partial charge in [0.05, 0.1) is 12.7 Å². The van der Waals surface area contributed by atoms with Crippen LogP contribution in [0.1, 0.15) is 25.2 Å². The summed E-state index contributed by atoms with van der Waals surface area (Å²) in [7, 11) is 0. The number of ether oxygens (including phenoxy) is 2. The molecule has 1 aliphatic rings. The van der Waals surface area contributed by atoms with Crippen LogP contribution in [0.25, 0.3) is 0 Å². The van der Waals surface area contributed by atoms with Gasteiger partial charge in [0.15, 0.2) is 6.29 Å². The highest BCUT2D eigenvalue weighted by Gasteiger charge is 2.35. The molecule has 2 rings (SSSR count). The van der Waals surface area contributed by atoms with E-state index in [0.29, 0.717) is 13.0 Å². The molecule has 1 saturated heterocycles. The van der Waals surface area contributed by atoms with E-state index in [0.717, 1.165) is 5.56 Å². The van der Waals surface area contributed by atoms with Gasteiger partial charge in [-0.1, -0.05) is 37.3 Å². The first-order valence-corrected chi connectivity index (χ1v) is 5.90. The summed E-state index contributed by atoms with van der Waals surface area (Å²) in [6.45, 7) is 2.12. The Labute approximate surface area is 101 Å². The van der Waals surface area contributed by atoms with Gasteiger partial charge in [0.1, 0.15) is 12.2 Å². The van der Waals surface area contributed by atoms with Crippen molar-refractivity contribution in [3.63, 3.8) is 0 Å². The summed E-state index contributed by atoms with van der Waals surface area (Å²) < 4.78 is 11.1. The van der Waals surface area contributed by atoms with E-state index in [1.807, 2.05) is 37.3 Å². The summed E-state index contributed by atoms with van der Waals surface area (Å²) in [5.74, 6) is 0. The van der Waals surface area contributed by atoms with E-state index < -0.39 is 24.6 Å². The van der Waals surface area contributed by atoms with E-state index in [2.05, 4.69) is 0 Å². The maximum absolute atomic E-state index is 9.83. The van der Waals surface area contributed by atoms with Gasteiger partial charge in [-0.3, -0.25) is 0 Å². The Balaban J connectivity index is 1.96. The highest BCUT2D eigenvalue weighted by molar-refractivity contribution is 5.16. The number of hydrogen-bond donors (Lipinski definition) is 2. The van der Waals surface area contributed by atoms with Crippen molar-refractivity contribution in [1.29, 1.82) is 0 Å². The summed E-state index contributed by atoms with van der Waals surface area (Å²) in [5, 5.41) is 19.4. The summed E-state index contributed by atoms with van der Waals surface area (Å²) in [6, 6.07) is 9.57. The first kappa shape index (κ1) is 12.5. The fourth-order valence-electron chi connectivity index (χ4n) is 1.87. The molecule has 4 heteroatoms. The summed E-state index contributed by atoms with van der Waals surface area (Å²) >= 11 is 0. The van der Waals surface area contributed by atoms with Crippen LogP contribution in [-0.2, 0) is 9.47 Å². The van der Waals surface area contributed by atoms with Crippen LogP contribution in [0.2, 0.25) is 0 Å². The molecule has 1 fully saturated rings. The van der Waals surface area contributed by atoms with Gasteiger partial charge in [0, 0.05) is 5.56 Å². The number of aliphatic hydroxyl groups is 2. The minimum absolute atomic E-state index is 0.303. The lowest BCUT2D eigenvalue weighted by Crippen LogP contribution is -2.38. The van der Waals surface area contributed by atoms with Crippen LogP contribution in [0.5, 0.6) is 0 Å². The molecule has 17 heavy (non-hydrogen) atoms. The van der Waals surface area contributed by atoms with E-state index in [4.69, 9.17) is 9.47 Å². The zero-order chi connectivity index (χ0) is 12.3. The molecule has 2 N–H and O–H groups in total. The second-order valence-corrected chi connectivity index (χ2v) is 4.22. The Morgan fingerprint density at radius 2 is 2.00 bits per heavy atom. The second-order valence-electron chi connectivity index (χ2n) is 4.22. The number of hydrogen-bond acceptors (Lipinski definition) is 4. The zero-order valence-corrected chi connectivity index (χ0v) is 9.82. The predicted octanol–water partition coefficient (Wildman–Crippen LogP) is 1.23. The van der Waals surface area contributed by atoms with Crippen molar-refractivity contribution in [3.05, 3.63) is 35.9 Å². The first-order valence-electron chi connectivity index (χ1n) is 5.90. The predicted molar refractivity (Wildman–Crippen MR) is 62.3 cm³/mol. The highest BCUT2D eigenvalue weighted by atomic mass is 16.7. The Bertz CT molecular complexity index is 341. The van der Waals surface area contributed by atoms with Crippen LogP contribution in [0, 0.1) is 0 Å². The Hall–Kier alpha value is -0.940. The third kappa shape index (κ3) is 2.84. The fraction of sp³-hybridized carbons (Fsp3) is 0.538. The van der Waals surface area contributed by atoms with Crippen molar-refractivity contribution in [3.8, 4) is 0 Å². The van der Waals surface area contributed by atoms with Gasteiger partial charge in [-0.2, -0.15) is 0 Å². The van der Waals surface area contributed by atoms with E-state index in [1.54, 1.807) is 0 Å². The van der Waals surface area contributed by atoms with Gasteiger partial charge in [0.25, 0.3) is 0 Å². The topological polar surface area (TPSA) is 58.9 Å². The third-order valence-corrected chi connectivity index (χ3v) is 2.98. The molecule has 0 aliphatic carbocycles. The van der Waals surface area contributed by atoms with E-state index in [-0.39, 0.29) is 0 Å². The standard InChI is InChI=1S/C13H18O4/c1-2-10(14)12(15)11-8-16-13(17-11)9-6-4-3-5-7-9/h3-7,10-15H,2,8H2,1H3/t10-,11-,12-,13?/m1/s1. The van der Waals surface area contributed by atoms with Crippen molar-refractivity contribution < 1.29 is 19.7 Å². The Kier molecular flexibility index (Phi) is 4.12. The molecule has 0 radical (unpaired) electrons. The molecule has 4 atom stereocenters. The monoisotopic (exact) mass is 238 g/mol. The summed E-state index contributed by atoms with van der Waals surface area (Å²) in [6.07, 6.45) is -2.07. The molecule has 0 aromatic heterocycles. The molecule has 0 saturated carbocycles. The van der Waals surface area contributed by atoms with Crippen LogP contribution in [0.15, 0.2) is 30.3 Å². The SMILES string of the molecule is CC[C@@H](O)[C@@H](O)[C@H]1COC(c2ccccc2)O1. The number of rotatable bonds is 4. The smallest absolute Gasteiger partial charge is 0.184 e. The van der Waals surface area contributed by atoms with E-state index >= 15 is 0 Å². The molecular formula is C13H18O4. The fourth-order valence-corrected chi connectivity index (χ4v) is 1.87. The second kappa shape index (κ2) is 5.60. The average Bonchev–Trinajstić information content (AvgIpc) is 2.87. The van der Waals surface area contributed by atoms with Gasteiger partial charge in [0.2, 0.25) is 0 Å². The summed E-state index contributed by atoms with van der Waals surface area (Å²) in [5.41, 5.74) is 0.924. The number of aliphatic hydroxyl groups excluding tert-OH is 2. The van der Waals surface area contributed by atoms with Gasteiger partial charge >= 0.3 is 0 Å². The molecule has 0 bridgehead atoms. The van der Waals surface area contributed by atoms with Crippen LogP contribution in [-0.4, -0.2) is 35.1 Å². The van der Waals surface area contributed by atoms with Crippen molar-refractivity contribution in [2.24, 2.45) is 0 Å². The molecular weight excluding hydrogens is 220 g/mol. The van der Waals surface area contributed by atoms with Gasteiger partial charge in [-0.05, 0) is 6.42 Å². The lowest BCUT2D eigenvalue weighted by atomic mass is 10.1. The lowest BCUT2D eigenvalue weighted by molar-refractivity contribution is -0.107. The third-order valence-electron chi connectivity index (χ3n) is 2.98. The summed E-state index contributed by atoms with van der Waals surface area (Å²) in [4.78, 5) is 0. The van der Waals surface area contributed by atoms with Crippen LogP contribution < -0.4 is 0 Å². The maximum Gasteiger partial charge on any atom is 0.184 e. The van der Waals surface area contributed by atoms with Gasteiger partial charge in [-0.15, -0.1) is 0 Å². The molecule has 94 valence electrons. The van der Waals surface area contributed by atoms with Crippen molar-refractivity contribution >= 4 is 0 Å². The first-order chi connectivity index (χ1) is 8.22. The van der Waals surface area contributed by atoms with E-state index in [9.17, 15) is 10.2 Å². The van der Waals surface area contributed by atoms with Crippen molar-refractivity contribution in [2.75, 3.05) is 6.61 Å². The minimum atomic E-state index is -0.895. The molecule has 1 heterocycles. The minimum Gasteiger partial charge on any atom is -0.390 e. The van der Waals surface area contributed by atoms with Gasteiger partial charge < -0.3 is 19.7 Å². The van der Waals surface area contributed by atoms with Gasteiger partial charge in [-0.25, -0.2) is 0 Å². The number of benzene rings is 1. The van der Waals surface area contributed by atoms with Crippen molar-refractivity contribution in [1.82, 2.24) is 0 Å². The average molecular weight is 238 g/mol.